The van der Waals surface area contributed by atoms with Crippen molar-refractivity contribution >= 4 is 5.96 Å². The van der Waals surface area contributed by atoms with E-state index in [1.54, 1.807) is 0 Å². The number of nitrogens with zero attached hydrogens (tertiary/aromatic N) is 3. The quantitative estimate of drug-likeness (QED) is 0.534. The van der Waals surface area contributed by atoms with Crippen molar-refractivity contribution in [3.05, 3.63) is 35.4 Å². The Morgan fingerprint density at radius 3 is 2.74 bits per heavy atom. The van der Waals surface area contributed by atoms with E-state index in [0.717, 1.165) is 90.7 Å². The molecule has 0 aliphatic carbocycles. The summed E-state index contributed by atoms with van der Waals surface area (Å²) in [6.45, 7) is 10.8. The van der Waals surface area contributed by atoms with Crippen LogP contribution in [0.25, 0.3) is 0 Å². The second-order valence-electron chi connectivity index (χ2n) is 9.04. The number of aliphatic imine (C=N–C) groups is 1. The van der Waals surface area contributed by atoms with Crippen LogP contribution in [0.3, 0.4) is 0 Å². The Kier molecular flexibility index (Phi) is 8.62. The average molecular weight is 429 g/mol. The maximum Gasteiger partial charge on any atom is 0.193 e. The van der Waals surface area contributed by atoms with Crippen LogP contribution in [0.15, 0.2) is 29.3 Å². The summed E-state index contributed by atoms with van der Waals surface area (Å²) in [5.74, 6) is 1.06. The van der Waals surface area contributed by atoms with Gasteiger partial charge in [-0.25, -0.2) is 0 Å². The molecule has 0 saturated carbocycles. The Morgan fingerprint density at radius 1 is 1.13 bits per heavy atom. The van der Waals surface area contributed by atoms with Crippen LogP contribution < -0.4 is 5.32 Å². The third kappa shape index (κ3) is 6.67. The molecule has 2 saturated heterocycles. The molecule has 0 radical (unpaired) electrons. The smallest absolute Gasteiger partial charge is 0.193 e. The van der Waals surface area contributed by atoms with Crippen molar-refractivity contribution in [1.29, 1.82) is 0 Å². The molecule has 3 aliphatic heterocycles. The largest absolute Gasteiger partial charge is 0.376 e. The molecule has 0 spiro atoms. The van der Waals surface area contributed by atoms with Gasteiger partial charge in [-0.15, -0.1) is 0 Å². The number of rotatable bonds is 7. The van der Waals surface area contributed by atoms with Crippen molar-refractivity contribution in [2.24, 2.45) is 4.99 Å². The second kappa shape index (κ2) is 11.8. The summed E-state index contributed by atoms with van der Waals surface area (Å²) in [6.07, 6.45) is 7.59. The first-order chi connectivity index (χ1) is 15.3. The van der Waals surface area contributed by atoms with E-state index >= 15 is 0 Å². The third-order valence-corrected chi connectivity index (χ3v) is 6.76. The highest BCUT2D eigenvalue weighted by molar-refractivity contribution is 5.80. The summed E-state index contributed by atoms with van der Waals surface area (Å²) in [5, 5.41) is 3.50. The molecule has 1 aromatic rings. The Hall–Kier alpha value is -1.63. The highest BCUT2D eigenvalue weighted by atomic mass is 16.5. The molecule has 0 bridgehead atoms. The van der Waals surface area contributed by atoms with Crippen LogP contribution in [0.5, 0.6) is 0 Å². The molecular weight excluding hydrogens is 388 g/mol. The van der Waals surface area contributed by atoms with E-state index in [0.29, 0.717) is 12.2 Å². The fourth-order valence-electron chi connectivity index (χ4n) is 4.88. The molecule has 0 amide bonds. The van der Waals surface area contributed by atoms with Crippen LogP contribution >= 0.6 is 0 Å². The van der Waals surface area contributed by atoms with E-state index in [9.17, 15) is 0 Å². The maximum atomic E-state index is 6.18. The van der Waals surface area contributed by atoms with E-state index in [1.807, 2.05) is 0 Å². The van der Waals surface area contributed by atoms with Crippen molar-refractivity contribution in [1.82, 2.24) is 15.1 Å². The monoisotopic (exact) mass is 428 g/mol. The summed E-state index contributed by atoms with van der Waals surface area (Å²) in [4.78, 5) is 9.90. The van der Waals surface area contributed by atoms with Gasteiger partial charge in [0.1, 0.15) is 0 Å². The topological polar surface area (TPSA) is 49.3 Å². The highest BCUT2D eigenvalue weighted by Crippen LogP contribution is 2.19. The minimum atomic E-state index is 0.312. The fourth-order valence-corrected chi connectivity index (χ4v) is 4.88. The number of fused-ring (bicyclic) bond motifs is 1. The predicted octanol–water partition coefficient (Wildman–Crippen LogP) is 3.06. The summed E-state index contributed by atoms with van der Waals surface area (Å²) in [5.41, 5.74) is 2.99. The minimum absolute atomic E-state index is 0.312. The van der Waals surface area contributed by atoms with Gasteiger partial charge in [-0.05, 0) is 56.6 Å². The SMILES string of the molecule is CCNC(=NCCN1CCc2ccccc2C1)N1CCC(OCC2CCCCO2)CC1. The summed E-state index contributed by atoms with van der Waals surface area (Å²) in [7, 11) is 0. The number of ether oxygens (including phenoxy) is 2. The predicted molar refractivity (Wildman–Crippen MR) is 126 cm³/mol. The van der Waals surface area contributed by atoms with Gasteiger partial charge in [0.25, 0.3) is 0 Å². The lowest BCUT2D eigenvalue weighted by atomic mass is 10.00. The Morgan fingerprint density at radius 2 is 1.97 bits per heavy atom. The Balaban J connectivity index is 1.20. The van der Waals surface area contributed by atoms with Crippen LogP contribution in [0.2, 0.25) is 0 Å². The fraction of sp³-hybridized carbons (Fsp3) is 0.720. The number of guanidine groups is 1. The minimum Gasteiger partial charge on any atom is -0.376 e. The molecule has 31 heavy (non-hydrogen) atoms. The van der Waals surface area contributed by atoms with E-state index in [2.05, 4.69) is 46.3 Å². The second-order valence-corrected chi connectivity index (χ2v) is 9.04. The lowest BCUT2D eigenvalue weighted by Gasteiger charge is -2.35. The molecule has 1 N–H and O–H groups in total. The number of piperidine rings is 1. The van der Waals surface area contributed by atoms with Gasteiger partial charge in [-0.1, -0.05) is 24.3 Å². The van der Waals surface area contributed by atoms with Crippen molar-refractivity contribution in [2.45, 2.75) is 64.2 Å². The van der Waals surface area contributed by atoms with E-state index in [4.69, 9.17) is 14.5 Å². The van der Waals surface area contributed by atoms with Gasteiger partial charge in [0.2, 0.25) is 0 Å². The molecule has 172 valence electrons. The number of hydrogen-bond acceptors (Lipinski definition) is 4. The molecule has 3 heterocycles. The van der Waals surface area contributed by atoms with Gasteiger partial charge in [0.05, 0.1) is 25.4 Å². The van der Waals surface area contributed by atoms with Gasteiger partial charge in [0.15, 0.2) is 5.96 Å². The molecule has 4 rings (SSSR count). The van der Waals surface area contributed by atoms with Gasteiger partial charge < -0.3 is 19.7 Å². The molecule has 3 aliphatic rings. The first kappa shape index (κ1) is 22.6. The van der Waals surface area contributed by atoms with Gasteiger partial charge >= 0.3 is 0 Å². The zero-order valence-corrected chi connectivity index (χ0v) is 19.2. The van der Waals surface area contributed by atoms with Crippen molar-refractivity contribution in [3.8, 4) is 0 Å². The van der Waals surface area contributed by atoms with Crippen molar-refractivity contribution in [2.75, 3.05) is 52.5 Å². The van der Waals surface area contributed by atoms with Crippen molar-refractivity contribution in [3.63, 3.8) is 0 Å². The molecule has 1 unspecified atom stereocenters. The molecule has 6 heteroatoms. The molecular formula is C25H40N4O2. The summed E-state index contributed by atoms with van der Waals surface area (Å²) >= 11 is 0. The van der Waals surface area contributed by atoms with Gasteiger partial charge in [-0.3, -0.25) is 9.89 Å². The molecule has 2 fully saturated rings. The van der Waals surface area contributed by atoms with E-state index in [-0.39, 0.29) is 0 Å². The molecule has 1 atom stereocenters. The van der Waals surface area contributed by atoms with Crippen LogP contribution in [0.4, 0.5) is 0 Å². The van der Waals surface area contributed by atoms with Gasteiger partial charge in [0, 0.05) is 45.9 Å². The molecule has 0 aromatic heterocycles. The van der Waals surface area contributed by atoms with Crippen LogP contribution in [0.1, 0.15) is 50.2 Å². The number of likely N-dealkylation sites (tertiary alicyclic amines) is 1. The van der Waals surface area contributed by atoms with Crippen LogP contribution in [0, 0.1) is 0 Å². The average Bonchev–Trinajstić information content (AvgIpc) is 2.83. The lowest BCUT2D eigenvalue weighted by molar-refractivity contribution is -0.0721. The molecule has 6 nitrogen and oxygen atoms in total. The van der Waals surface area contributed by atoms with Crippen molar-refractivity contribution < 1.29 is 9.47 Å². The Bertz CT molecular complexity index is 697. The Labute approximate surface area is 188 Å². The first-order valence-electron chi connectivity index (χ1n) is 12.4. The number of benzene rings is 1. The van der Waals surface area contributed by atoms with Gasteiger partial charge in [-0.2, -0.15) is 0 Å². The van der Waals surface area contributed by atoms with E-state index < -0.39 is 0 Å². The number of hydrogen-bond donors (Lipinski definition) is 1. The van der Waals surface area contributed by atoms with Crippen LogP contribution in [-0.2, 0) is 22.4 Å². The summed E-state index contributed by atoms with van der Waals surface area (Å²) in [6, 6.07) is 8.84. The maximum absolute atomic E-state index is 6.18. The van der Waals surface area contributed by atoms with E-state index in [1.165, 1.54) is 24.0 Å². The highest BCUT2D eigenvalue weighted by Gasteiger charge is 2.24. The molecule has 1 aromatic carbocycles. The summed E-state index contributed by atoms with van der Waals surface area (Å²) < 4.78 is 12.0. The third-order valence-electron chi connectivity index (χ3n) is 6.76. The van der Waals surface area contributed by atoms with Crippen LogP contribution in [-0.4, -0.2) is 80.4 Å². The number of nitrogens with one attached hydrogen (secondary N) is 1. The zero-order chi connectivity index (χ0) is 21.3. The zero-order valence-electron chi connectivity index (χ0n) is 19.2. The standard InChI is InChI=1S/C25H40N4O2/c1-2-26-25(27-13-17-28-14-10-21-7-3-4-8-22(21)19-28)29-15-11-23(12-16-29)31-20-24-9-5-6-18-30-24/h3-4,7-8,23-24H,2,5-6,9-20H2,1H3,(H,26,27). The lowest BCUT2D eigenvalue weighted by Crippen LogP contribution is -2.47. The first-order valence-corrected chi connectivity index (χ1v) is 12.4. The normalized spacial score (nSPS) is 23.6.